The minimum Gasteiger partial charge on any atom is -0.378 e. The molecule has 3 rings (SSSR count). The Morgan fingerprint density at radius 2 is 1.66 bits per heavy atom. The van der Waals surface area contributed by atoms with Crippen molar-refractivity contribution >= 4 is 11.6 Å². The third kappa shape index (κ3) is 5.87. The molecule has 2 aromatic rings. The van der Waals surface area contributed by atoms with Crippen LogP contribution in [0.25, 0.3) is 0 Å². The number of nitrogens with zero attached hydrogens (tertiary/aromatic N) is 2. The van der Waals surface area contributed by atoms with Gasteiger partial charge in [0.25, 0.3) is 0 Å². The number of ether oxygens (including phenoxy) is 1. The number of morpholine rings is 1. The Morgan fingerprint density at radius 3 is 2.31 bits per heavy atom. The van der Waals surface area contributed by atoms with E-state index in [1.807, 2.05) is 12.1 Å². The number of anilines is 1. The third-order valence-corrected chi connectivity index (χ3v) is 4.75. The summed E-state index contributed by atoms with van der Waals surface area (Å²) in [4.78, 5) is 6.50. The Hall–Kier alpha value is -2.74. The molecule has 1 saturated heterocycles. The summed E-state index contributed by atoms with van der Waals surface area (Å²) >= 11 is 0. The number of nitrogens with one attached hydrogen (secondary N) is 2. The fourth-order valence-corrected chi connectivity index (χ4v) is 3.17. The molecule has 5 nitrogen and oxygen atoms in total. The van der Waals surface area contributed by atoms with Crippen LogP contribution in [0.1, 0.15) is 16.7 Å². The molecule has 0 radical (unpaired) electrons. The number of guanidine groups is 1. The fourth-order valence-electron chi connectivity index (χ4n) is 3.17. The van der Waals surface area contributed by atoms with E-state index in [0.717, 1.165) is 49.6 Å². The highest BCUT2D eigenvalue weighted by Gasteiger charge is 2.29. The molecule has 2 aromatic carbocycles. The highest BCUT2D eigenvalue weighted by atomic mass is 19.4. The molecule has 0 bridgehead atoms. The molecule has 1 fully saturated rings. The van der Waals surface area contributed by atoms with Crippen molar-refractivity contribution in [3.05, 3.63) is 65.2 Å². The Bertz CT molecular complexity index is 815. The van der Waals surface area contributed by atoms with Crippen LogP contribution in [0, 0.1) is 0 Å². The quantitative estimate of drug-likeness (QED) is 0.590. The van der Waals surface area contributed by atoms with E-state index < -0.39 is 11.7 Å². The van der Waals surface area contributed by atoms with Gasteiger partial charge < -0.3 is 20.3 Å². The lowest BCUT2D eigenvalue weighted by Gasteiger charge is -2.30. The average Bonchev–Trinajstić information content (AvgIpc) is 2.74. The summed E-state index contributed by atoms with van der Waals surface area (Å²) in [6.45, 7) is 4.12. The second kappa shape index (κ2) is 9.65. The molecule has 1 aliphatic rings. The number of benzene rings is 2. The second-order valence-corrected chi connectivity index (χ2v) is 6.70. The predicted molar refractivity (Wildman–Crippen MR) is 108 cm³/mol. The Labute approximate surface area is 168 Å². The van der Waals surface area contributed by atoms with Crippen LogP contribution in [-0.2, 0) is 24.0 Å². The molecule has 1 aliphatic heterocycles. The zero-order chi connectivity index (χ0) is 20.7. The first kappa shape index (κ1) is 21.0. The van der Waals surface area contributed by atoms with Gasteiger partial charge in [0.2, 0.25) is 0 Å². The third-order valence-electron chi connectivity index (χ3n) is 4.75. The van der Waals surface area contributed by atoms with Gasteiger partial charge in [0.1, 0.15) is 0 Å². The van der Waals surface area contributed by atoms with Crippen LogP contribution in [0.3, 0.4) is 0 Å². The van der Waals surface area contributed by atoms with Crippen LogP contribution in [-0.4, -0.2) is 39.3 Å². The molecule has 0 aliphatic carbocycles. The van der Waals surface area contributed by atoms with Gasteiger partial charge >= 0.3 is 6.18 Å². The van der Waals surface area contributed by atoms with Crippen molar-refractivity contribution in [3.63, 3.8) is 0 Å². The maximum Gasteiger partial charge on any atom is 0.416 e. The molecule has 0 unspecified atom stereocenters. The molecule has 8 heteroatoms. The molecular formula is C21H25F3N4O. The van der Waals surface area contributed by atoms with E-state index in [0.29, 0.717) is 19.0 Å². The molecule has 1 heterocycles. The van der Waals surface area contributed by atoms with E-state index in [2.05, 4.69) is 32.7 Å². The van der Waals surface area contributed by atoms with E-state index in [4.69, 9.17) is 4.74 Å². The first-order valence-electron chi connectivity index (χ1n) is 9.48. The zero-order valence-electron chi connectivity index (χ0n) is 16.3. The lowest BCUT2D eigenvalue weighted by molar-refractivity contribution is -0.137. The van der Waals surface area contributed by atoms with Gasteiger partial charge in [-0.2, -0.15) is 13.2 Å². The summed E-state index contributed by atoms with van der Waals surface area (Å²) in [5.41, 5.74) is 2.41. The van der Waals surface area contributed by atoms with Crippen molar-refractivity contribution in [2.75, 3.05) is 38.3 Å². The molecule has 0 amide bonds. The molecular weight excluding hydrogens is 381 g/mol. The summed E-state index contributed by atoms with van der Waals surface area (Å²) < 4.78 is 43.4. The minimum atomic E-state index is -4.32. The van der Waals surface area contributed by atoms with Crippen molar-refractivity contribution in [2.24, 2.45) is 4.99 Å². The van der Waals surface area contributed by atoms with Crippen LogP contribution >= 0.6 is 0 Å². The molecule has 0 saturated carbocycles. The topological polar surface area (TPSA) is 48.9 Å². The lowest BCUT2D eigenvalue weighted by atomic mass is 10.1. The Balaban J connectivity index is 1.56. The number of rotatable bonds is 5. The maximum atomic E-state index is 12.7. The van der Waals surface area contributed by atoms with Crippen LogP contribution in [0.15, 0.2) is 53.5 Å². The molecule has 29 heavy (non-hydrogen) atoms. The van der Waals surface area contributed by atoms with Crippen molar-refractivity contribution in [3.8, 4) is 0 Å². The highest BCUT2D eigenvalue weighted by Crippen LogP contribution is 2.29. The van der Waals surface area contributed by atoms with Gasteiger partial charge in [-0.15, -0.1) is 0 Å². The van der Waals surface area contributed by atoms with Gasteiger partial charge in [-0.05, 0) is 29.3 Å². The van der Waals surface area contributed by atoms with Crippen LogP contribution in [0.4, 0.5) is 18.9 Å². The molecule has 156 valence electrons. The van der Waals surface area contributed by atoms with Crippen LogP contribution in [0.2, 0.25) is 0 Å². The van der Waals surface area contributed by atoms with E-state index in [-0.39, 0.29) is 0 Å². The number of para-hydroxylation sites is 1. The smallest absolute Gasteiger partial charge is 0.378 e. The Kier molecular flexibility index (Phi) is 6.98. The molecule has 0 atom stereocenters. The van der Waals surface area contributed by atoms with Gasteiger partial charge in [-0.25, -0.2) is 0 Å². The van der Waals surface area contributed by atoms with Crippen LogP contribution < -0.4 is 15.5 Å². The summed E-state index contributed by atoms with van der Waals surface area (Å²) in [7, 11) is 1.66. The number of aliphatic imine (C=N–C) groups is 1. The summed E-state index contributed by atoms with van der Waals surface area (Å²) in [6.07, 6.45) is -4.32. The predicted octanol–water partition coefficient (Wildman–Crippen LogP) is 3.41. The van der Waals surface area contributed by atoms with Crippen molar-refractivity contribution in [1.82, 2.24) is 10.6 Å². The molecule has 0 spiro atoms. The van der Waals surface area contributed by atoms with E-state index in [1.165, 1.54) is 17.8 Å². The van der Waals surface area contributed by atoms with Gasteiger partial charge in [-0.1, -0.05) is 30.3 Å². The number of hydrogen-bond acceptors (Lipinski definition) is 3. The highest BCUT2D eigenvalue weighted by molar-refractivity contribution is 5.79. The van der Waals surface area contributed by atoms with E-state index in [1.54, 1.807) is 7.05 Å². The number of halogens is 3. The SMILES string of the molecule is CN=C(NCc1ccc(C(F)(F)F)cc1)NCc1ccccc1N1CCOCC1. The van der Waals surface area contributed by atoms with Gasteiger partial charge in [0.05, 0.1) is 18.8 Å². The van der Waals surface area contributed by atoms with Crippen molar-refractivity contribution < 1.29 is 17.9 Å². The normalized spacial score (nSPS) is 15.3. The molecule has 2 N–H and O–H groups in total. The molecule has 0 aromatic heterocycles. The van der Waals surface area contributed by atoms with Crippen LogP contribution in [0.5, 0.6) is 0 Å². The maximum absolute atomic E-state index is 12.7. The van der Waals surface area contributed by atoms with Gasteiger partial charge in [0, 0.05) is 38.9 Å². The first-order chi connectivity index (χ1) is 14.0. The Morgan fingerprint density at radius 1 is 1.00 bits per heavy atom. The first-order valence-corrected chi connectivity index (χ1v) is 9.48. The zero-order valence-corrected chi connectivity index (χ0v) is 16.3. The summed E-state index contributed by atoms with van der Waals surface area (Å²) in [5, 5.41) is 6.41. The van der Waals surface area contributed by atoms with Crippen molar-refractivity contribution in [1.29, 1.82) is 0 Å². The number of hydrogen-bond donors (Lipinski definition) is 2. The monoisotopic (exact) mass is 406 g/mol. The number of alkyl halides is 3. The fraction of sp³-hybridized carbons (Fsp3) is 0.381. The van der Waals surface area contributed by atoms with E-state index in [9.17, 15) is 13.2 Å². The average molecular weight is 406 g/mol. The lowest BCUT2D eigenvalue weighted by Crippen LogP contribution is -2.39. The van der Waals surface area contributed by atoms with Crippen molar-refractivity contribution in [2.45, 2.75) is 19.3 Å². The summed E-state index contributed by atoms with van der Waals surface area (Å²) in [5.74, 6) is 0.585. The largest absolute Gasteiger partial charge is 0.416 e. The van der Waals surface area contributed by atoms with E-state index >= 15 is 0 Å². The summed E-state index contributed by atoms with van der Waals surface area (Å²) in [6, 6.07) is 13.3. The second-order valence-electron chi connectivity index (χ2n) is 6.70. The standard InChI is InChI=1S/C21H25F3N4O/c1-25-20(26-14-16-6-8-18(9-7-16)21(22,23)24)27-15-17-4-2-3-5-19(17)28-10-12-29-13-11-28/h2-9H,10-15H2,1H3,(H2,25,26,27). The minimum absolute atomic E-state index is 0.378. The van der Waals surface area contributed by atoms with Gasteiger partial charge in [-0.3, -0.25) is 4.99 Å². The van der Waals surface area contributed by atoms with Gasteiger partial charge in [0.15, 0.2) is 5.96 Å².